The molecule has 0 aliphatic carbocycles. The minimum absolute atomic E-state index is 0.169. The third kappa shape index (κ3) is 2.73. The van der Waals surface area contributed by atoms with E-state index in [1.165, 1.54) is 5.56 Å². The lowest BCUT2D eigenvalue weighted by atomic mass is 9.95. The van der Waals surface area contributed by atoms with E-state index in [4.69, 9.17) is 0 Å². The van der Waals surface area contributed by atoms with Crippen molar-refractivity contribution < 1.29 is 14.3 Å². The van der Waals surface area contributed by atoms with Crippen molar-refractivity contribution in [1.82, 2.24) is 0 Å². The highest BCUT2D eigenvalue weighted by atomic mass is 16.6. The van der Waals surface area contributed by atoms with E-state index < -0.39 is 17.9 Å². The zero-order valence-corrected chi connectivity index (χ0v) is 10.1. The highest BCUT2D eigenvalue weighted by Gasteiger charge is 2.34. The normalized spacial score (nSPS) is 19.8. The number of cyclic esters (lactones) is 2. The molecule has 3 nitrogen and oxygen atoms in total. The zero-order valence-electron chi connectivity index (χ0n) is 10.1. The molecule has 1 atom stereocenters. The molecule has 0 bridgehead atoms. The molecule has 17 heavy (non-hydrogen) atoms. The molecule has 0 unspecified atom stereocenters. The smallest absolute Gasteiger partial charge is 0.321 e. The third-order valence-electron chi connectivity index (χ3n) is 2.90. The standard InChI is InChI=1S/C14H16O3/c1-9(2)7-10-3-5-11(6-4-10)12-8-13(15)17-14(12)16/h3-6,9,12H,7-8H2,1-2H3/t12-/m0/s1. The molecule has 1 aromatic rings. The zero-order chi connectivity index (χ0) is 12.4. The fraction of sp³-hybridized carbons (Fsp3) is 0.429. The molecule has 0 amide bonds. The molecule has 1 aliphatic rings. The van der Waals surface area contributed by atoms with Crippen molar-refractivity contribution in [2.45, 2.75) is 32.6 Å². The highest BCUT2D eigenvalue weighted by molar-refractivity contribution is 5.97. The number of hydrogen-bond acceptors (Lipinski definition) is 3. The van der Waals surface area contributed by atoms with Gasteiger partial charge in [-0.05, 0) is 23.5 Å². The molecule has 0 aromatic heterocycles. The number of hydrogen-bond donors (Lipinski definition) is 0. The van der Waals surface area contributed by atoms with Crippen molar-refractivity contribution in [3.05, 3.63) is 35.4 Å². The fourth-order valence-electron chi connectivity index (χ4n) is 2.09. The Hall–Kier alpha value is -1.64. The maximum absolute atomic E-state index is 11.4. The molecule has 1 heterocycles. The van der Waals surface area contributed by atoms with Gasteiger partial charge in [0.15, 0.2) is 0 Å². The SMILES string of the molecule is CC(C)Cc1ccc([C@@H]2CC(=O)OC2=O)cc1. The first-order chi connectivity index (χ1) is 8.06. The number of carbonyl (C=O) groups is 2. The van der Waals surface area contributed by atoms with Gasteiger partial charge < -0.3 is 4.74 Å². The minimum Gasteiger partial charge on any atom is -0.393 e. The second kappa shape index (κ2) is 4.70. The van der Waals surface area contributed by atoms with Gasteiger partial charge in [-0.15, -0.1) is 0 Å². The van der Waals surface area contributed by atoms with Crippen molar-refractivity contribution in [1.29, 1.82) is 0 Å². The maximum Gasteiger partial charge on any atom is 0.321 e. The monoisotopic (exact) mass is 232 g/mol. The Kier molecular flexibility index (Phi) is 3.27. The summed E-state index contributed by atoms with van der Waals surface area (Å²) in [5, 5.41) is 0. The van der Waals surface area contributed by atoms with Crippen LogP contribution in [0.4, 0.5) is 0 Å². The van der Waals surface area contributed by atoms with Crippen LogP contribution in [0.3, 0.4) is 0 Å². The van der Waals surface area contributed by atoms with Crippen molar-refractivity contribution in [2.75, 3.05) is 0 Å². The second-order valence-corrected chi connectivity index (χ2v) is 4.89. The van der Waals surface area contributed by atoms with Crippen LogP contribution in [-0.4, -0.2) is 11.9 Å². The Labute approximate surface area is 101 Å². The van der Waals surface area contributed by atoms with Crippen LogP contribution in [0.1, 0.15) is 37.3 Å². The van der Waals surface area contributed by atoms with Gasteiger partial charge in [-0.1, -0.05) is 38.1 Å². The van der Waals surface area contributed by atoms with E-state index in [1.54, 1.807) is 0 Å². The molecule has 1 fully saturated rings. The average molecular weight is 232 g/mol. The number of esters is 2. The molecule has 0 spiro atoms. The fourth-order valence-corrected chi connectivity index (χ4v) is 2.09. The predicted octanol–water partition coefficient (Wildman–Crippen LogP) is 2.44. The number of ether oxygens (including phenoxy) is 1. The van der Waals surface area contributed by atoms with E-state index in [-0.39, 0.29) is 6.42 Å². The summed E-state index contributed by atoms with van der Waals surface area (Å²) in [5.41, 5.74) is 2.12. The molecular weight excluding hydrogens is 216 g/mol. The maximum atomic E-state index is 11.4. The van der Waals surface area contributed by atoms with E-state index in [0.29, 0.717) is 5.92 Å². The Morgan fingerprint density at radius 1 is 1.24 bits per heavy atom. The van der Waals surface area contributed by atoms with Crippen molar-refractivity contribution >= 4 is 11.9 Å². The van der Waals surface area contributed by atoms with E-state index in [0.717, 1.165) is 12.0 Å². The first kappa shape index (κ1) is 11.8. The third-order valence-corrected chi connectivity index (χ3v) is 2.90. The lowest BCUT2D eigenvalue weighted by molar-refractivity contribution is -0.152. The summed E-state index contributed by atoms with van der Waals surface area (Å²) in [5.74, 6) is -0.646. The van der Waals surface area contributed by atoms with Gasteiger partial charge >= 0.3 is 11.9 Å². The Morgan fingerprint density at radius 2 is 1.88 bits per heavy atom. The van der Waals surface area contributed by atoms with Gasteiger partial charge in [-0.25, -0.2) is 0 Å². The molecule has 2 rings (SSSR count). The molecule has 0 N–H and O–H groups in total. The van der Waals surface area contributed by atoms with Gasteiger partial charge in [-0.3, -0.25) is 9.59 Å². The molecule has 3 heteroatoms. The van der Waals surface area contributed by atoms with Crippen molar-refractivity contribution in [2.24, 2.45) is 5.92 Å². The van der Waals surface area contributed by atoms with Crippen LogP contribution in [0, 0.1) is 5.92 Å². The molecule has 1 aliphatic heterocycles. The quantitative estimate of drug-likeness (QED) is 0.594. The van der Waals surface area contributed by atoms with Crippen LogP contribution in [-0.2, 0) is 20.7 Å². The first-order valence-electron chi connectivity index (χ1n) is 5.89. The van der Waals surface area contributed by atoms with Gasteiger partial charge in [0.1, 0.15) is 0 Å². The molecule has 1 saturated heterocycles. The van der Waals surface area contributed by atoms with Gasteiger partial charge in [-0.2, -0.15) is 0 Å². The lowest BCUT2D eigenvalue weighted by Gasteiger charge is -2.08. The summed E-state index contributed by atoms with van der Waals surface area (Å²) in [6.45, 7) is 4.34. The molecular formula is C14H16O3. The summed E-state index contributed by atoms with van der Waals surface area (Å²) in [4.78, 5) is 22.4. The van der Waals surface area contributed by atoms with E-state index >= 15 is 0 Å². The summed E-state index contributed by atoms with van der Waals surface area (Å²) < 4.78 is 4.55. The molecule has 0 saturated carbocycles. The summed E-state index contributed by atoms with van der Waals surface area (Å²) >= 11 is 0. The largest absolute Gasteiger partial charge is 0.393 e. The van der Waals surface area contributed by atoms with Crippen LogP contribution < -0.4 is 0 Å². The summed E-state index contributed by atoms with van der Waals surface area (Å²) in [6, 6.07) is 7.88. The van der Waals surface area contributed by atoms with Crippen LogP contribution in [0.15, 0.2) is 24.3 Å². The predicted molar refractivity (Wildman–Crippen MR) is 63.4 cm³/mol. The number of benzene rings is 1. The van der Waals surface area contributed by atoms with E-state index in [1.807, 2.05) is 24.3 Å². The summed E-state index contributed by atoms with van der Waals surface area (Å²) in [6.07, 6.45) is 1.19. The van der Waals surface area contributed by atoms with Crippen LogP contribution in [0.2, 0.25) is 0 Å². The van der Waals surface area contributed by atoms with Crippen molar-refractivity contribution in [3.8, 4) is 0 Å². The minimum atomic E-state index is -0.425. The highest BCUT2D eigenvalue weighted by Crippen LogP contribution is 2.27. The van der Waals surface area contributed by atoms with E-state index in [9.17, 15) is 9.59 Å². The molecule has 0 radical (unpaired) electrons. The van der Waals surface area contributed by atoms with Crippen molar-refractivity contribution in [3.63, 3.8) is 0 Å². The number of rotatable bonds is 3. The van der Waals surface area contributed by atoms with Gasteiger partial charge in [0.05, 0.1) is 12.3 Å². The summed E-state index contributed by atoms with van der Waals surface area (Å²) in [7, 11) is 0. The average Bonchev–Trinajstić information content (AvgIpc) is 2.58. The van der Waals surface area contributed by atoms with Gasteiger partial charge in [0.2, 0.25) is 0 Å². The van der Waals surface area contributed by atoms with E-state index in [2.05, 4.69) is 18.6 Å². The van der Waals surface area contributed by atoms with Gasteiger partial charge in [0.25, 0.3) is 0 Å². The number of carbonyl (C=O) groups excluding carboxylic acids is 2. The first-order valence-corrected chi connectivity index (χ1v) is 5.89. The van der Waals surface area contributed by atoms with Crippen LogP contribution in [0.5, 0.6) is 0 Å². The lowest BCUT2D eigenvalue weighted by Crippen LogP contribution is -2.05. The topological polar surface area (TPSA) is 43.4 Å². The van der Waals surface area contributed by atoms with Crippen LogP contribution >= 0.6 is 0 Å². The Balaban J connectivity index is 2.13. The van der Waals surface area contributed by atoms with Crippen LogP contribution in [0.25, 0.3) is 0 Å². The molecule has 90 valence electrons. The Bertz CT molecular complexity index is 431. The molecule has 1 aromatic carbocycles. The Morgan fingerprint density at radius 3 is 2.35 bits per heavy atom. The second-order valence-electron chi connectivity index (χ2n) is 4.89. The van der Waals surface area contributed by atoms with Gasteiger partial charge in [0, 0.05) is 0 Å².